The van der Waals surface area contributed by atoms with Crippen LogP contribution in [0.1, 0.15) is 18.5 Å². The summed E-state index contributed by atoms with van der Waals surface area (Å²) in [5, 5.41) is 3.63. The fraction of sp³-hybridized carbons (Fsp3) is 0.273. The number of anilines is 1. The Bertz CT molecular complexity index is 1050. The van der Waals surface area contributed by atoms with Crippen LogP contribution >= 0.6 is 12.2 Å². The second-order valence-electron chi connectivity index (χ2n) is 7.30. The molecule has 0 radical (unpaired) electrons. The number of fused-ring (bicyclic) bond motifs is 1. The monoisotopic (exact) mass is 427 g/mol. The first-order valence-electron chi connectivity index (χ1n) is 9.55. The summed E-state index contributed by atoms with van der Waals surface area (Å²) in [7, 11) is 3.37. The van der Waals surface area contributed by atoms with E-state index in [2.05, 4.69) is 5.32 Å². The summed E-state index contributed by atoms with van der Waals surface area (Å²) in [5.41, 5.74) is 2.54. The lowest BCUT2D eigenvalue weighted by molar-refractivity contribution is -0.125. The summed E-state index contributed by atoms with van der Waals surface area (Å²) in [4.78, 5) is 16.4. The number of nitrogens with zero attached hydrogens (tertiary/aromatic N) is 2. The highest BCUT2D eigenvalue weighted by molar-refractivity contribution is 7.80. The Hall–Kier alpha value is -3.13. The van der Waals surface area contributed by atoms with Gasteiger partial charge in [0, 0.05) is 25.9 Å². The van der Waals surface area contributed by atoms with Gasteiger partial charge < -0.3 is 19.7 Å². The second-order valence-corrected chi connectivity index (χ2v) is 7.69. The van der Waals surface area contributed by atoms with Gasteiger partial charge >= 0.3 is 0 Å². The van der Waals surface area contributed by atoms with Gasteiger partial charge in [-0.25, -0.2) is 4.39 Å². The SMILES string of the molecule is CC1=C(C(=O)N(C)C)C(c2cccc(F)c2)NC(=S)N1c1ccc2c(c1)OCCO2. The second kappa shape index (κ2) is 7.95. The Labute approximate surface area is 179 Å². The average molecular weight is 428 g/mol. The third kappa shape index (κ3) is 3.59. The number of ether oxygens (including phenoxy) is 2. The number of carbonyl (C=O) groups is 1. The standard InChI is InChI=1S/C22H22FN3O3S/c1-13-19(21(27)25(2)3)20(14-5-4-6-15(23)11-14)24-22(30)26(13)16-7-8-17-18(12-16)29-10-9-28-17/h4-8,11-12,20H,9-10H2,1-3H3,(H,24,30). The topological polar surface area (TPSA) is 54.0 Å². The molecule has 30 heavy (non-hydrogen) atoms. The minimum Gasteiger partial charge on any atom is -0.486 e. The zero-order valence-electron chi connectivity index (χ0n) is 16.9. The molecule has 2 heterocycles. The summed E-state index contributed by atoms with van der Waals surface area (Å²) in [6.45, 7) is 2.82. The predicted octanol–water partition coefficient (Wildman–Crippen LogP) is 3.39. The maximum Gasteiger partial charge on any atom is 0.253 e. The van der Waals surface area contributed by atoms with Crippen molar-refractivity contribution in [1.82, 2.24) is 10.2 Å². The van der Waals surface area contributed by atoms with Gasteiger partial charge in [0.2, 0.25) is 0 Å². The van der Waals surface area contributed by atoms with Gasteiger partial charge in [0.15, 0.2) is 16.6 Å². The molecule has 2 aromatic rings. The summed E-state index contributed by atoms with van der Waals surface area (Å²) < 4.78 is 25.2. The van der Waals surface area contributed by atoms with Crippen molar-refractivity contribution in [2.75, 3.05) is 32.2 Å². The summed E-state index contributed by atoms with van der Waals surface area (Å²) in [5.74, 6) is 0.745. The van der Waals surface area contributed by atoms with Gasteiger partial charge in [0.1, 0.15) is 19.0 Å². The molecule has 6 nitrogen and oxygen atoms in total. The fourth-order valence-corrected chi connectivity index (χ4v) is 4.04. The Balaban J connectivity index is 1.83. The minimum atomic E-state index is -0.559. The lowest BCUT2D eigenvalue weighted by atomic mass is 9.93. The lowest BCUT2D eigenvalue weighted by Gasteiger charge is -2.38. The number of hydrogen-bond acceptors (Lipinski definition) is 4. The third-order valence-electron chi connectivity index (χ3n) is 5.09. The number of benzene rings is 2. The van der Waals surface area contributed by atoms with Crippen molar-refractivity contribution < 1.29 is 18.7 Å². The molecule has 0 aromatic heterocycles. The van der Waals surface area contributed by atoms with Gasteiger partial charge in [-0.1, -0.05) is 12.1 Å². The van der Waals surface area contributed by atoms with Crippen LogP contribution in [0.25, 0.3) is 0 Å². The molecule has 4 rings (SSSR count). The van der Waals surface area contributed by atoms with Crippen molar-refractivity contribution in [2.24, 2.45) is 0 Å². The molecule has 1 N–H and O–H groups in total. The van der Waals surface area contributed by atoms with Gasteiger partial charge in [-0.15, -0.1) is 0 Å². The number of hydrogen-bond donors (Lipinski definition) is 1. The van der Waals surface area contributed by atoms with Crippen molar-refractivity contribution in [3.05, 3.63) is 65.1 Å². The summed E-state index contributed by atoms with van der Waals surface area (Å²) in [6, 6.07) is 11.2. The molecule has 8 heteroatoms. The van der Waals surface area contributed by atoms with E-state index in [1.807, 2.05) is 25.1 Å². The highest BCUT2D eigenvalue weighted by Crippen LogP contribution is 2.38. The third-order valence-corrected chi connectivity index (χ3v) is 5.39. The number of nitrogens with one attached hydrogen (secondary N) is 1. The van der Waals surface area contributed by atoms with Crippen molar-refractivity contribution in [3.8, 4) is 11.5 Å². The van der Waals surface area contributed by atoms with Gasteiger partial charge in [-0.05, 0) is 49.0 Å². The normalized spacial score (nSPS) is 18.2. The van der Waals surface area contributed by atoms with Crippen LogP contribution in [0.2, 0.25) is 0 Å². The number of likely N-dealkylation sites (N-methyl/N-ethyl adjacent to an activating group) is 1. The first-order chi connectivity index (χ1) is 14.4. The number of rotatable bonds is 3. The van der Waals surface area contributed by atoms with Crippen LogP contribution in [0.4, 0.5) is 10.1 Å². The van der Waals surface area contributed by atoms with Crippen molar-refractivity contribution in [1.29, 1.82) is 0 Å². The highest BCUT2D eigenvalue weighted by atomic mass is 32.1. The maximum atomic E-state index is 13.9. The highest BCUT2D eigenvalue weighted by Gasteiger charge is 2.35. The maximum absolute atomic E-state index is 13.9. The van der Waals surface area contributed by atoms with E-state index in [0.29, 0.717) is 46.7 Å². The smallest absolute Gasteiger partial charge is 0.253 e. The molecule has 0 aliphatic carbocycles. The quantitative estimate of drug-likeness (QED) is 0.758. The Morgan fingerprint density at radius 3 is 2.60 bits per heavy atom. The van der Waals surface area contributed by atoms with Crippen molar-refractivity contribution >= 4 is 28.9 Å². The van der Waals surface area contributed by atoms with Gasteiger partial charge in [0.05, 0.1) is 17.3 Å². The van der Waals surface area contributed by atoms with Crippen LogP contribution in [0, 0.1) is 5.82 Å². The molecule has 0 saturated heterocycles. The van der Waals surface area contributed by atoms with E-state index in [1.165, 1.54) is 17.0 Å². The molecule has 1 amide bonds. The molecule has 1 unspecified atom stereocenters. The van der Waals surface area contributed by atoms with Crippen LogP contribution in [-0.4, -0.2) is 43.2 Å². The molecule has 2 aliphatic heterocycles. The summed E-state index contributed by atoms with van der Waals surface area (Å²) >= 11 is 5.65. The van der Waals surface area contributed by atoms with Crippen LogP contribution < -0.4 is 19.7 Å². The predicted molar refractivity (Wildman–Crippen MR) is 116 cm³/mol. The minimum absolute atomic E-state index is 0.181. The first-order valence-corrected chi connectivity index (χ1v) is 9.96. The van der Waals surface area contributed by atoms with Crippen LogP contribution in [-0.2, 0) is 4.79 Å². The zero-order chi connectivity index (χ0) is 21.4. The Morgan fingerprint density at radius 2 is 1.90 bits per heavy atom. The van der Waals surface area contributed by atoms with E-state index >= 15 is 0 Å². The van der Waals surface area contributed by atoms with Gasteiger partial charge in [0.25, 0.3) is 5.91 Å². The van der Waals surface area contributed by atoms with E-state index in [9.17, 15) is 9.18 Å². The van der Waals surface area contributed by atoms with E-state index in [0.717, 1.165) is 5.69 Å². The Morgan fingerprint density at radius 1 is 1.17 bits per heavy atom. The molecular weight excluding hydrogens is 405 g/mol. The first kappa shape index (κ1) is 20.2. The summed E-state index contributed by atoms with van der Waals surface area (Å²) in [6.07, 6.45) is 0. The number of thiocarbonyl (C=S) groups is 1. The largest absolute Gasteiger partial charge is 0.486 e. The molecule has 0 bridgehead atoms. The lowest BCUT2D eigenvalue weighted by Crippen LogP contribution is -2.49. The van der Waals surface area contributed by atoms with E-state index in [4.69, 9.17) is 21.7 Å². The average Bonchev–Trinajstić information content (AvgIpc) is 2.72. The molecule has 0 saturated carbocycles. The van der Waals surface area contributed by atoms with Crippen LogP contribution in [0.3, 0.4) is 0 Å². The molecule has 0 spiro atoms. The fourth-order valence-electron chi connectivity index (χ4n) is 3.68. The van der Waals surface area contributed by atoms with Gasteiger partial charge in [-0.3, -0.25) is 9.69 Å². The number of allylic oxidation sites excluding steroid dienone is 1. The number of carbonyl (C=O) groups excluding carboxylic acids is 1. The van der Waals surface area contributed by atoms with E-state index in [1.54, 1.807) is 31.1 Å². The van der Waals surface area contributed by atoms with Gasteiger partial charge in [-0.2, -0.15) is 0 Å². The molecule has 1 atom stereocenters. The van der Waals surface area contributed by atoms with Crippen LogP contribution in [0.15, 0.2) is 53.7 Å². The van der Waals surface area contributed by atoms with Crippen molar-refractivity contribution in [3.63, 3.8) is 0 Å². The van der Waals surface area contributed by atoms with E-state index < -0.39 is 6.04 Å². The van der Waals surface area contributed by atoms with Crippen LogP contribution in [0.5, 0.6) is 11.5 Å². The molecule has 0 fully saturated rings. The Kier molecular flexibility index (Phi) is 5.34. The molecule has 2 aliphatic rings. The molecule has 2 aromatic carbocycles. The number of halogens is 1. The number of amides is 1. The molecular formula is C22H22FN3O3S. The van der Waals surface area contributed by atoms with E-state index in [-0.39, 0.29) is 11.7 Å². The molecule has 156 valence electrons. The zero-order valence-corrected chi connectivity index (χ0v) is 17.8. The van der Waals surface area contributed by atoms with Crippen molar-refractivity contribution in [2.45, 2.75) is 13.0 Å².